The lowest BCUT2D eigenvalue weighted by Gasteiger charge is -2.40. The van der Waals surface area contributed by atoms with Crippen molar-refractivity contribution in [2.24, 2.45) is 0 Å². The summed E-state index contributed by atoms with van der Waals surface area (Å²) < 4.78 is 0. The predicted octanol–water partition coefficient (Wildman–Crippen LogP) is 5.44. The molecular weight excluding hydrogens is 418 g/mol. The van der Waals surface area contributed by atoms with Gasteiger partial charge in [-0.2, -0.15) is 0 Å². The molecule has 2 heterocycles. The standard InChI is InChI=1S/C27H24ClN3O/c28-23-11-6-10-21(17-23)26(20-7-2-1-3-8-20)30-13-15-31(16-14-30)27(32)25-19-29-18-22-9-4-5-12-24(22)25/h1-12,17-19,26H,13-16H2. The van der Waals surface area contributed by atoms with Crippen LogP contribution in [0.25, 0.3) is 10.8 Å². The minimum atomic E-state index is 0.0490. The summed E-state index contributed by atoms with van der Waals surface area (Å²) in [4.78, 5) is 22.0. The van der Waals surface area contributed by atoms with E-state index in [1.54, 1.807) is 12.4 Å². The van der Waals surface area contributed by atoms with Gasteiger partial charge in [-0.15, -0.1) is 0 Å². The largest absolute Gasteiger partial charge is 0.336 e. The fourth-order valence-electron chi connectivity index (χ4n) is 4.57. The molecule has 0 bridgehead atoms. The number of carbonyl (C=O) groups excluding carboxylic acids is 1. The number of benzene rings is 3. The molecule has 1 aromatic heterocycles. The Morgan fingerprint density at radius 2 is 1.53 bits per heavy atom. The quantitative estimate of drug-likeness (QED) is 0.423. The van der Waals surface area contributed by atoms with E-state index in [0.717, 1.165) is 28.9 Å². The van der Waals surface area contributed by atoms with E-state index in [1.165, 1.54) is 11.1 Å². The molecule has 4 nitrogen and oxygen atoms in total. The molecule has 1 amide bonds. The molecule has 1 aliphatic rings. The molecule has 32 heavy (non-hydrogen) atoms. The van der Waals surface area contributed by atoms with E-state index >= 15 is 0 Å². The highest BCUT2D eigenvalue weighted by atomic mass is 35.5. The fourth-order valence-corrected chi connectivity index (χ4v) is 4.77. The number of aromatic nitrogens is 1. The topological polar surface area (TPSA) is 36.4 Å². The number of piperazine rings is 1. The van der Waals surface area contributed by atoms with Crippen LogP contribution in [0.15, 0.2) is 91.3 Å². The van der Waals surface area contributed by atoms with Crippen molar-refractivity contribution in [3.05, 3.63) is 113 Å². The van der Waals surface area contributed by atoms with Gasteiger partial charge >= 0.3 is 0 Å². The van der Waals surface area contributed by atoms with Gasteiger partial charge in [-0.25, -0.2) is 0 Å². The summed E-state index contributed by atoms with van der Waals surface area (Å²) in [5, 5.41) is 2.68. The number of amides is 1. The number of hydrogen-bond acceptors (Lipinski definition) is 3. The van der Waals surface area contributed by atoms with Crippen LogP contribution in [0.1, 0.15) is 27.5 Å². The molecule has 5 rings (SSSR count). The highest BCUT2D eigenvalue weighted by molar-refractivity contribution is 6.30. The van der Waals surface area contributed by atoms with Crippen LogP contribution in [0.2, 0.25) is 5.02 Å². The number of carbonyl (C=O) groups is 1. The Kier molecular flexibility index (Phi) is 5.89. The summed E-state index contributed by atoms with van der Waals surface area (Å²) >= 11 is 6.32. The zero-order chi connectivity index (χ0) is 21.9. The number of rotatable bonds is 4. The fraction of sp³-hybridized carbons (Fsp3) is 0.185. The maximum Gasteiger partial charge on any atom is 0.256 e. The molecule has 0 spiro atoms. The van der Waals surface area contributed by atoms with Gasteiger partial charge in [-0.1, -0.05) is 78.3 Å². The first kappa shape index (κ1) is 20.7. The van der Waals surface area contributed by atoms with Crippen molar-refractivity contribution in [1.29, 1.82) is 0 Å². The van der Waals surface area contributed by atoms with Crippen LogP contribution in [0.3, 0.4) is 0 Å². The average molecular weight is 442 g/mol. The molecular formula is C27H24ClN3O. The first-order valence-corrected chi connectivity index (χ1v) is 11.2. The number of hydrogen-bond donors (Lipinski definition) is 0. The van der Waals surface area contributed by atoms with Gasteiger partial charge in [0.2, 0.25) is 0 Å². The molecule has 1 aliphatic heterocycles. The average Bonchev–Trinajstić information content (AvgIpc) is 2.85. The molecule has 1 fully saturated rings. The van der Waals surface area contributed by atoms with Crippen molar-refractivity contribution in [3.8, 4) is 0 Å². The maximum absolute atomic E-state index is 13.3. The summed E-state index contributed by atoms with van der Waals surface area (Å²) in [5.74, 6) is 0.0490. The van der Waals surface area contributed by atoms with Crippen molar-refractivity contribution in [2.75, 3.05) is 26.2 Å². The smallest absolute Gasteiger partial charge is 0.256 e. The van der Waals surface area contributed by atoms with Crippen LogP contribution in [0.5, 0.6) is 0 Å². The van der Waals surface area contributed by atoms with Crippen molar-refractivity contribution < 1.29 is 4.79 Å². The Balaban J connectivity index is 1.38. The monoisotopic (exact) mass is 441 g/mol. The minimum Gasteiger partial charge on any atom is -0.336 e. The van der Waals surface area contributed by atoms with E-state index in [9.17, 15) is 4.79 Å². The molecule has 0 aliphatic carbocycles. The SMILES string of the molecule is O=C(c1cncc2ccccc12)N1CCN(C(c2ccccc2)c2cccc(Cl)c2)CC1. The van der Waals surface area contributed by atoms with Gasteiger partial charge in [0.05, 0.1) is 11.6 Å². The van der Waals surface area contributed by atoms with E-state index in [1.807, 2.05) is 53.4 Å². The number of fused-ring (bicyclic) bond motifs is 1. The van der Waals surface area contributed by atoms with Crippen molar-refractivity contribution >= 4 is 28.3 Å². The second-order valence-corrected chi connectivity index (χ2v) is 8.54. The van der Waals surface area contributed by atoms with Gasteiger partial charge in [-0.3, -0.25) is 14.7 Å². The summed E-state index contributed by atoms with van der Waals surface area (Å²) in [6, 6.07) is 26.6. The summed E-state index contributed by atoms with van der Waals surface area (Å²) in [5.41, 5.74) is 3.07. The Morgan fingerprint density at radius 1 is 0.812 bits per heavy atom. The van der Waals surface area contributed by atoms with Gasteiger partial charge < -0.3 is 4.90 Å². The van der Waals surface area contributed by atoms with Crippen molar-refractivity contribution in [1.82, 2.24) is 14.8 Å². The normalized spacial score (nSPS) is 15.6. The minimum absolute atomic E-state index is 0.0490. The summed E-state index contributed by atoms with van der Waals surface area (Å²) in [7, 11) is 0. The lowest BCUT2D eigenvalue weighted by molar-refractivity contribution is 0.0599. The maximum atomic E-state index is 13.3. The van der Waals surface area contributed by atoms with E-state index in [2.05, 4.69) is 40.2 Å². The van der Waals surface area contributed by atoms with Crippen LogP contribution >= 0.6 is 11.6 Å². The predicted molar refractivity (Wildman–Crippen MR) is 129 cm³/mol. The van der Waals surface area contributed by atoms with Crippen LogP contribution < -0.4 is 0 Å². The Morgan fingerprint density at radius 3 is 2.31 bits per heavy atom. The third-order valence-corrected chi connectivity index (χ3v) is 6.38. The molecule has 4 aromatic rings. The number of pyridine rings is 1. The van der Waals surface area contributed by atoms with Crippen LogP contribution in [-0.2, 0) is 0 Å². The highest BCUT2D eigenvalue weighted by Crippen LogP contribution is 2.31. The molecule has 1 saturated heterocycles. The highest BCUT2D eigenvalue weighted by Gasteiger charge is 2.29. The van der Waals surface area contributed by atoms with E-state index < -0.39 is 0 Å². The third-order valence-electron chi connectivity index (χ3n) is 6.14. The van der Waals surface area contributed by atoms with Gasteiger partial charge in [0.15, 0.2) is 0 Å². The van der Waals surface area contributed by atoms with Gasteiger partial charge in [0.1, 0.15) is 0 Å². The Hall–Kier alpha value is -3.21. The van der Waals surface area contributed by atoms with Crippen LogP contribution in [0, 0.1) is 0 Å². The Bertz CT molecular complexity index is 1230. The lowest BCUT2D eigenvalue weighted by atomic mass is 9.96. The number of halogens is 1. The first-order valence-electron chi connectivity index (χ1n) is 10.9. The summed E-state index contributed by atoms with van der Waals surface area (Å²) in [6.45, 7) is 2.92. The van der Waals surface area contributed by atoms with Crippen LogP contribution in [0.4, 0.5) is 0 Å². The molecule has 5 heteroatoms. The zero-order valence-corrected chi connectivity index (χ0v) is 18.4. The molecule has 0 radical (unpaired) electrons. The second kappa shape index (κ2) is 9.11. The van der Waals surface area contributed by atoms with E-state index in [4.69, 9.17) is 11.6 Å². The van der Waals surface area contributed by atoms with Gasteiger partial charge in [-0.05, 0) is 28.6 Å². The van der Waals surface area contributed by atoms with Crippen LogP contribution in [-0.4, -0.2) is 46.9 Å². The van der Waals surface area contributed by atoms with E-state index in [0.29, 0.717) is 18.7 Å². The van der Waals surface area contributed by atoms with E-state index in [-0.39, 0.29) is 11.9 Å². The summed E-state index contributed by atoms with van der Waals surface area (Å²) in [6.07, 6.45) is 3.50. The second-order valence-electron chi connectivity index (χ2n) is 8.10. The number of nitrogens with zero attached hydrogens (tertiary/aromatic N) is 3. The third kappa shape index (κ3) is 4.12. The van der Waals surface area contributed by atoms with Crippen molar-refractivity contribution in [2.45, 2.75) is 6.04 Å². The first-order chi connectivity index (χ1) is 15.7. The molecule has 1 atom stereocenters. The zero-order valence-electron chi connectivity index (χ0n) is 17.7. The molecule has 0 saturated carbocycles. The molecule has 1 unspecified atom stereocenters. The Labute approximate surface area is 193 Å². The molecule has 160 valence electrons. The molecule has 0 N–H and O–H groups in total. The van der Waals surface area contributed by atoms with Gasteiger partial charge in [0.25, 0.3) is 5.91 Å². The lowest BCUT2D eigenvalue weighted by Crippen LogP contribution is -2.49. The van der Waals surface area contributed by atoms with Crippen molar-refractivity contribution in [3.63, 3.8) is 0 Å². The molecule has 3 aromatic carbocycles. The van der Waals surface area contributed by atoms with Gasteiger partial charge in [0, 0.05) is 49.0 Å².